The number of carbonyl (C=O) groups excluding carboxylic acids is 1. The first-order valence-corrected chi connectivity index (χ1v) is 10.6. The molecule has 4 nitrogen and oxygen atoms in total. The predicted molar refractivity (Wildman–Crippen MR) is 113 cm³/mol. The van der Waals surface area contributed by atoms with E-state index in [0.29, 0.717) is 46.8 Å². The second kappa shape index (κ2) is 9.94. The van der Waals surface area contributed by atoms with E-state index in [9.17, 15) is 9.18 Å². The molecule has 0 aliphatic carbocycles. The molecule has 2 aromatic carbocycles. The number of thioether (sulfide) groups is 1. The number of rotatable bonds is 7. The van der Waals surface area contributed by atoms with Crippen LogP contribution in [0.2, 0.25) is 5.02 Å². The lowest BCUT2D eigenvalue weighted by atomic mass is 10.2. The van der Waals surface area contributed by atoms with Crippen LogP contribution in [0.15, 0.2) is 47.5 Å². The highest BCUT2D eigenvalue weighted by molar-refractivity contribution is 8.13. The van der Waals surface area contributed by atoms with Crippen LogP contribution in [-0.2, 0) is 5.75 Å². The molecule has 0 unspecified atom stereocenters. The molecule has 0 saturated heterocycles. The summed E-state index contributed by atoms with van der Waals surface area (Å²) >= 11 is 7.40. The zero-order valence-corrected chi connectivity index (χ0v) is 17.2. The van der Waals surface area contributed by atoms with E-state index in [4.69, 9.17) is 16.3 Å². The van der Waals surface area contributed by atoms with E-state index < -0.39 is 0 Å². The largest absolute Gasteiger partial charge is 0.494 e. The van der Waals surface area contributed by atoms with Gasteiger partial charge < -0.3 is 4.74 Å². The van der Waals surface area contributed by atoms with E-state index in [0.717, 1.165) is 18.6 Å². The second-order valence-electron chi connectivity index (χ2n) is 6.34. The Balaban J connectivity index is 1.62. The minimum absolute atomic E-state index is 0.122. The molecule has 0 spiro atoms. The number of halogens is 2. The van der Waals surface area contributed by atoms with E-state index in [1.807, 2.05) is 12.1 Å². The summed E-state index contributed by atoms with van der Waals surface area (Å²) in [6, 6.07) is 11.7. The van der Waals surface area contributed by atoms with Crippen molar-refractivity contribution in [1.29, 1.82) is 0 Å². The van der Waals surface area contributed by atoms with Gasteiger partial charge in [-0.2, -0.15) is 0 Å². The van der Waals surface area contributed by atoms with Crippen LogP contribution in [0.4, 0.5) is 4.39 Å². The van der Waals surface area contributed by atoms with Gasteiger partial charge in [0.25, 0.3) is 5.91 Å². The van der Waals surface area contributed by atoms with Gasteiger partial charge in [-0.3, -0.25) is 14.7 Å². The van der Waals surface area contributed by atoms with Crippen LogP contribution < -0.4 is 4.74 Å². The summed E-state index contributed by atoms with van der Waals surface area (Å²) in [7, 11) is 0. The van der Waals surface area contributed by atoms with E-state index in [2.05, 4.69) is 11.9 Å². The molecule has 1 heterocycles. The van der Waals surface area contributed by atoms with Crippen molar-refractivity contribution in [2.24, 2.45) is 4.99 Å². The lowest BCUT2D eigenvalue weighted by Crippen LogP contribution is -2.32. The fraction of sp³-hybridized carbons (Fsp3) is 0.333. The standard InChI is InChI=1S/C21H22ClFN2O2S/c1-2-3-13-27-16-9-7-15(8-10-16)20(26)25-12-11-24-21(25)28-14-17-18(22)5-4-6-19(17)23/h4-10H,2-3,11-14H2,1H3. The van der Waals surface area contributed by atoms with E-state index in [1.54, 1.807) is 29.2 Å². The summed E-state index contributed by atoms with van der Waals surface area (Å²) in [6.45, 7) is 3.83. The van der Waals surface area contributed by atoms with Crippen LogP contribution >= 0.6 is 23.4 Å². The third-order valence-electron chi connectivity index (χ3n) is 4.32. The highest BCUT2D eigenvalue weighted by Gasteiger charge is 2.25. The molecular formula is C21H22ClFN2O2S. The molecule has 0 saturated carbocycles. The van der Waals surface area contributed by atoms with Crippen LogP contribution in [0.5, 0.6) is 5.75 Å². The molecule has 3 rings (SSSR count). The quantitative estimate of drug-likeness (QED) is 0.563. The highest BCUT2D eigenvalue weighted by Crippen LogP contribution is 2.27. The monoisotopic (exact) mass is 420 g/mol. The van der Waals surface area contributed by atoms with Gasteiger partial charge in [0.15, 0.2) is 5.17 Å². The molecular weight excluding hydrogens is 399 g/mol. The molecule has 0 radical (unpaired) electrons. The zero-order chi connectivity index (χ0) is 19.9. The Bertz CT molecular complexity index is 838. The Morgan fingerprint density at radius 2 is 2.07 bits per heavy atom. The SMILES string of the molecule is CCCCOc1ccc(C(=O)N2CCN=C2SCc2c(F)cccc2Cl)cc1. The minimum Gasteiger partial charge on any atom is -0.494 e. The first-order chi connectivity index (χ1) is 13.6. The summed E-state index contributed by atoms with van der Waals surface area (Å²) in [5.41, 5.74) is 0.992. The minimum atomic E-state index is -0.352. The van der Waals surface area contributed by atoms with Crippen LogP contribution in [0.25, 0.3) is 0 Å². The summed E-state index contributed by atoms with van der Waals surface area (Å²) in [5, 5.41) is 0.968. The molecule has 0 aromatic heterocycles. The van der Waals surface area contributed by atoms with Crippen LogP contribution in [0.3, 0.4) is 0 Å². The number of unbranched alkanes of at least 4 members (excludes halogenated alkanes) is 1. The maximum absolute atomic E-state index is 14.0. The first kappa shape index (κ1) is 20.7. The summed E-state index contributed by atoms with van der Waals surface area (Å²) in [6.07, 6.45) is 2.07. The summed E-state index contributed by atoms with van der Waals surface area (Å²) in [4.78, 5) is 18.9. The first-order valence-electron chi connectivity index (χ1n) is 9.25. The molecule has 0 N–H and O–H groups in total. The van der Waals surface area contributed by atoms with E-state index >= 15 is 0 Å². The molecule has 1 aliphatic rings. The van der Waals surface area contributed by atoms with Crippen molar-refractivity contribution in [3.63, 3.8) is 0 Å². The normalized spacial score (nSPS) is 13.5. The van der Waals surface area contributed by atoms with Crippen molar-refractivity contribution >= 4 is 34.4 Å². The van der Waals surface area contributed by atoms with Gasteiger partial charge in [0, 0.05) is 28.4 Å². The topological polar surface area (TPSA) is 41.9 Å². The predicted octanol–water partition coefficient (Wildman–Crippen LogP) is 5.40. The van der Waals surface area contributed by atoms with Crippen molar-refractivity contribution in [1.82, 2.24) is 4.90 Å². The fourth-order valence-corrected chi connectivity index (χ4v) is 4.12. The molecule has 1 amide bonds. The smallest absolute Gasteiger partial charge is 0.259 e. The number of amidine groups is 1. The fourth-order valence-electron chi connectivity index (χ4n) is 2.73. The Labute approximate surface area is 173 Å². The van der Waals surface area contributed by atoms with Crippen LogP contribution in [0.1, 0.15) is 35.7 Å². The average Bonchev–Trinajstić information content (AvgIpc) is 3.16. The van der Waals surface area contributed by atoms with Gasteiger partial charge in [-0.05, 0) is 42.8 Å². The van der Waals surface area contributed by atoms with Gasteiger partial charge in [-0.1, -0.05) is 42.8 Å². The number of nitrogens with zero attached hydrogens (tertiary/aromatic N) is 2. The Hall–Kier alpha value is -2.05. The van der Waals surface area contributed by atoms with Gasteiger partial charge in [0.05, 0.1) is 13.2 Å². The molecule has 28 heavy (non-hydrogen) atoms. The van der Waals surface area contributed by atoms with Crippen LogP contribution in [-0.4, -0.2) is 35.7 Å². The third-order valence-corrected chi connectivity index (χ3v) is 5.72. The molecule has 148 valence electrons. The number of ether oxygens (including phenoxy) is 1. The number of aliphatic imine (C=N–C) groups is 1. The molecule has 0 fully saturated rings. The number of benzene rings is 2. The maximum Gasteiger partial charge on any atom is 0.259 e. The molecule has 7 heteroatoms. The number of hydrogen-bond donors (Lipinski definition) is 0. The molecule has 0 atom stereocenters. The van der Waals surface area contributed by atoms with Crippen molar-refractivity contribution in [3.8, 4) is 5.75 Å². The van der Waals surface area contributed by atoms with Gasteiger partial charge in [-0.15, -0.1) is 0 Å². The van der Waals surface area contributed by atoms with Crippen molar-refractivity contribution in [2.75, 3.05) is 19.7 Å². The van der Waals surface area contributed by atoms with Crippen molar-refractivity contribution < 1.29 is 13.9 Å². The second-order valence-corrected chi connectivity index (χ2v) is 7.69. The average molecular weight is 421 g/mol. The molecule has 2 aromatic rings. The number of amides is 1. The van der Waals surface area contributed by atoms with Gasteiger partial charge >= 0.3 is 0 Å². The zero-order valence-electron chi connectivity index (χ0n) is 15.7. The van der Waals surface area contributed by atoms with Crippen molar-refractivity contribution in [2.45, 2.75) is 25.5 Å². The lowest BCUT2D eigenvalue weighted by Gasteiger charge is -2.18. The Kier molecular flexibility index (Phi) is 7.34. The number of carbonyl (C=O) groups is 1. The van der Waals surface area contributed by atoms with Gasteiger partial charge in [0.2, 0.25) is 0 Å². The number of hydrogen-bond acceptors (Lipinski definition) is 4. The van der Waals surface area contributed by atoms with Crippen LogP contribution in [0, 0.1) is 5.82 Å². The maximum atomic E-state index is 14.0. The Morgan fingerprint density at radius 3 is 2.79 bits per heavy atom. The van der Waals surface area contributed by atoms with E-state index in [-0.39, 0.29) is 11.7 Å². The highest BCUT2D eigenvalue weighted by atomic mass is 35.5. The Morgan fingerprint density at radius 1 is 1.29 bits per heavy atom. The summed E-state index contributed by atoms with van der Waals surface area (Å²) < 4.78 is 19.6. The molecule has 0 bridgehead atoms. The van der Waals surface area contributed by atoms with Crippen molar-refractivity contribution in [3.05, 3.63) is 64.4 Å². The van der Waals surface area contributed by atoms with Gasteiger partial charge in [-0.25, -0.2) is 4.39 Å². The van der Waals surface area contributed by atoms with E-state index in [1.165, 1.54) is 17.8 Å². The van der Waals surface area contributed by atoms with Gasteiger partial charge in [0.1, 0.15) is 11.6 Å². The summed E-state index contributed by atoms with van der Waals surface area (Å²) in [5.74, 6) is 0.598. The lowest BCUT2D eigenvalue weighted by molar-refractivity contribution is 0.0860. The molecule has 1 aliphatic heterocycles. The third kappa shape index (κ3) is 5.06.